The summed E-state index contributed by atoms with van der Waals surface area (Å²) in [5, 5.41) is 7.58. The van der Waals surface area contributed by atoms with E-state index < -0.39 is 0 Å². The van der Waals surface area contributed by atoms with Crippen LogP contribution in [0.15, 0.2) is 39.5 Å². The maximum Gasteiger partial charge on any atom is 0.0670 e. The van der Waals surface area contributed by atoms with Crippen molar-refractivity contribution in [2.75, 3.05) is 6.54 Å². The molecule has 0 amide bonds. The molecule has 0 spiro atoms. The minimum Gasteiger partial charge on any atom is -0.313 e. The molecular weight excluding hydrogens is 358 g/mol. The average molecular weight is 373 g/mol. The van der Waals surface area contributed by atoms with Gasteiger partial charge < -0.3 is 5.32 Å². The van der Waals surface area contributed by atoms with Gasteiger partial charge in [0.25, 0.3) is 0 Å². The van der Waals surface area contributed by atoms with Crippen molar-refractivity contribution in [2.45, 2.75) is 20.0 Å². The Morgan fingerprint density at radius 2 is 2.17 bits per heavy atom. The molecule has 2 rings (SSSR count). The zero-order valence-electron chi connectivity index (χ0n) is 10.2. The van der Waals surface area contributed by atoms with Crippen molar-refractivity contribution in [2.24, 2.45) is 0 Å². The van der Waals surface area contributed by atoms with Gasteiger partial charge in [-0.2, -0.15) is 5.10 Å². The van der Waals surface area contributed by atoms with Crippen LogP contribution in [-0.4, -0.2) is 16.3 Å². The minimum atomic E-state index is 0.771. The largest absolute Gasteiger partial charge is 0.313 e. The first-order valence-electron chi connectivity index (χ1n) is 5.85. The molecule has 96 valence electrons. The summed E-state index contributed by atoms with van der Waals surface area (Å²) in [5.74, 6) is 0. The predicted molar refractivity (Wildman–Crippen MR) is 80.6 cm³/mol. The summed E-state index contributed by atoms with van der Waals surface area (Å²) >= 11 is 7.02. The molecule has 0 unspecified atom stereocenters. The Morgan fingerprint density at radius 1 is 1.33 bits per heavy atom. The molecule has 18 heavy (non-hydrogen) atoms. The highest BCUT2D eigenvalue weighted by Crippen LogP contribution is 2.20. The van der Waals surface area contributed by atoms with Crippen molar-refractivity contribution in [3.63, 3.8) is 0 Å². The summed E-state index contributed by atoms with van der Waals surface area (Å²) in [6.07, 6.45) is 3.77. The molecule has 0 aliphatic rings. The average Bonchev–Trinajstić information content (AvgIpc) is 2.75. The van der Waals surface area contributed by atoms with Crippen LogP contribution in [-0.2, 0) is 13.1 Å². The molecule has 5 heteroatoms. The van der Waals surface area contributed by atoms with Gasteiger partial charge in [-0.05, 0) is 39.7 Å². The Hall–Kier alpha value is -0.650. The molecule has 1 aromatic heterocycles. The molecule has 1 heterocycles. The number of benzene rings is 1. The smallest absolute Gasteiger partial charge is 0.0670 e. The monoisotopic (exact) mass is 371 g/mol. The lowest BCUT2D eigenvalue weighted by Gasteiger charge is -2.08. The number of halogens is 2. The number of nitrogens with one attached hydrogen (secondary N) is 1. The molecule has 0 atom stereocenters. The molecule has 0 radical (unpaired) electrons. The summed E-state index contributed by atoms with van der Waals surface area (Å²) in [7, 11) is 0. The van der Waals surface area contributed by atoms with E-state index in [1.165, 1.54) is 11.1 Å². The molecule has 0 saturated carbocycles. The first-order valence-corrected chi connectivity index (χ1v) is 7.43. The van der Waals surface area contributed by atoms with Crippen LogP contribution in [0.2, 0.25) is 0 Å². The second-order valence-electron chi connectivity index (χ2n) is 4.06. The van der Waals surface area contributed by atoms with Gasteiger partial charge in [0.05, 0.1) is 17.2 Å². The van der Waals surface area contributed by atoms with Crippen molar-refractivity contribution in [1.82, 2.24) is 15.1 Å². The fraction of sp³-hybridized carbons (Fsp3) is 0.308. The molecule has 0 aliphatic carbocycles. The summed E-state index contributed by atoms with van der Waals surface area (Å²) in [6, 6.07) is 6.46. The quantitative estimate of drug-likeness (QED) is 0.869. The Morgan fingerprint density at radius 3 is 2.78 bits per heavy atom. The van der Waals surface area contributed by atoms with Gasteiger partial charge in [0.1, 0.15) is 0 Å². The van der Waals surface area contributed by atoms with Crippen molar-refractivity contribution in [3.05, 3.63) is 50.7 Å². The zero-order valence-corrected chi connectivity index (χ0v) is 13.3. The third-order valence-electron chi connectivity index (χ3n) is 2.63. The third kappa shape index (κ3) is 3.67. The van der Waals surface area contributed by atoms with Gasteiger partial charge in [-0.1, -0.05) is 35.0 Å². The first-order chi connectivity index (χ1) is 8.69. The van der Waals surface area contributed by atoms with Crippen LogP contribution < -0.4 is 5.32 Å². The molecule has 3 nitrogen and oxygen atoms in total. The standard InChI is InChI=1S/C13H15Br2N3/c1-2-16-6-10-3-4-11(13(15)5-10)8-18-9-12(14)7-17-18/h3-5,7,9,16H,2,6,8H2,1H3. The van der Waals surface area contributed by atoms with Crippen LogP contribution in [0.25, 0.3) is 0 Å². The summed E-state index contributed by atoms with van der Waals surface area (Å²) in [6.45, 7) is 4.77. The summed E-state index contributed by atoms with van der Waals surface area (Å²) < 4.78 is 4.04. The zero-order chi connectivity index (χ0) is 13.0. The molecule has 0 saturated heterocycles. The Labute approximate surface area is 124 Å². The third-order valence-corrected chi connectivity index (χ3v) is 3.78. The first kappa shape index (κ1) is 13.8. The molecule has 0 aliphatic heterocycles. The number of hydrogen-bond donors (Lipinski definition) is 1. The van der Waals surface area contributed by atoms with Gasteiger partial charge in [0, 0.05) is 17.2 Å². The van der Waals surface area contributed by atoms with Crippen LogP contribution in [0.3, 0.4) is 0 Å². The van der Waals surface area contributed by atoms with Gasteiger partial charge in [0.15, 0.2) is 0 Å². The molecule has 2 aromatic rings. The lowest BCUT2D eigenvalue weighted by atomic mass is 10.1. The van der Waals surface area contributed by atoms with E-state index in [9.17, 15) is 0 Å². The van der Waals surface area contributed by atoms with Gasteiger partial charge in [-0.15, -0.1) is 0 Å². The molecule has 1 aromatic carbocycles. The Kier molecular flexibility index (Phi) is 4.97. The van der Waals surface area contributed by atoms with Crippen molar-refractivity contribution < 1.29 is 0 Å². The van der Waals surface area contributed by atoms with E-state index in [0.29, 0.717) is 0 Å². The highest BCUT2D eigenvalue weighted by atomic mass is 79.9. The van der Waals surface area contributed by atoms with E-state index in [1.807, 2.05) is 10.9 Å². The topological polar surface area (TPSA) is 29.9 Å². The number of hydrogen-bond acceptors (Lipinski definition) is 2. The lowest BCUT2D eigenvalue weighted by Crippen LogP contribution is -2.11. The van der Waals surface area contributed by atoms with Crippen molar-refractivity contribution in [3.8, 4) is 0 Å². The van der Waals surface area contributed by atoms with Gasteiger partial charge >= 0.3 is 0 Å². The van der Waals surface area contributed by atoms with Crippen LogP contribution >= 0.6 is 31.9 Å². The maximum atomic E-state index is 4.26. The fourth-order valence-corrected chi connectivity index (χ4v) is 2.58. The van der Waals surface area contributed by atoms with E-state index in [-0.39, 0.29) is 0 Å². The van der Waals surface area contributed by atoms with Crippen LogP contribution in [0.1, 0.15) is 18.1 Å². The SMILES string of the molecule is CCNCc1ccc(Cn2cc(Br)cn2)c(Br)c1. The van der Waals surface area contributed by atoms with Gasteiger partial charge in [-0.25, -0.2) is 0 Å². The predicted octanol–water partition coefficient (Wildman–Crippen LogP) is 3.57. The molecule has 0 bridgehead atoms. The van der Waals surface area contributed by atoms with Crippen LogP contribution in [0.4, 0.5) is 0 Å². The van der Waals surface area contributed by atoms with E-state index in [4.69, 9.17) is 0 Å². The minimum absolute atomic E-state index is 0.771. The Balaban J connectivity index is 2.09. The van der Waals surface area contributed by atoms with E-state index in [0.717, 1.165) is 28.6 Å². The van der Waals surface area contributed by atoms with E-state index in [2.05, 4.69) is 67.4 Å². The van der Waals surface area contributed by atoms with Crippen LogP contribution in [0, 0.1) is 0 Å². The second-order valence-corrected chi connectivity index (χ2v) is 5.83. The second kappa shape index (κ2) is 6.50. The number of aromatic nitrogens is 2. The number of rotatable bonds is 5. The normalized spacial score (nSPS) is 10.8. The Bertz CT molecular complexity index is 523. The van der Waals surface area contributed by atoms with Gasteiger partial charge in [0.2, 0.25) is 0 Å². The fourth-order valence-electron chi connectivity index (χ4n) is 1.70. The van der Waals surface area contributed by atoms with Gasteiger partial charge in [-0.3, -0.25) is 4.68 Å². The van der Waals surface area contributed by atoms with Crippen molar-refractivity contribution >= 4 is 31.9 Å². The highest BCUT2D eigenvalue weighted by Gasteiger charge is 2.03. The molecule has 0 fully saturated rings. The van der Waals surface area contributed by atoms with Crippen LogP contribution in [0.5, 0.6) is 0 Å². The molecule has 1 N–H and O–H groups in total. The summed E-state index contributed by atoms with van der Waals surface area (Å²) in [5.41, 5.74) is 2.51. The lowest BCUT2D eigenvalue weighted by molar-refractivity contribution is 0.683. The highest BCUT2D eigenvalue weighted by molar-refractivity contribution is 9.10. The number of nitrogens with zero attached hydrogens (tertiary/aromatic N) is 2. The summed E-state index contributed by atoms with van der Waals surface area (Å²) in [4.78, 5) is 0. The maximum absolute atomic E-state index is 4.26. The van der Waals surface area contributed by atoms with E-state index in [1.54, 1.807) is 6.20 Å². The molecular formula is C13H15Br2N3. The van der Waals surface area contributed by atoms with Crippen molar-refractivity contribution in [1.29, 1.82) is 0 Å². The van der Waals surface area contributed by atoms with E-state index >= 15 is 0 Å².